The van der Waals surface area contributed by atoms with Crippen LogP contribution in [0.15, 0.2) is 24.3 Å². The summed E-state index contributed by atoms with van der Waals surface area (Å²) < 4.78 is 44.3. The van der Waals surface area contributed by atoms with E-state index in [1.807, 2.05) is 13.8 Å². The van der Waals surface area contributed by atoms with Crippen molar-refractivity contribution < 1.29 is 22.3 Å². The number of rotatable bonds is 6. The summed E-state index contributed by atoms with van der Waals surface area (Å²) in [4.78, 5) is 13.1. The molecule has 1 aromatic carbocycles. The van der Waals surface area contributed by atoms with Gasteiger partial charge >= 0.3 is 6.09 Å². The monoisotopic (exact) mass is 330 g/mol. The first-order valence-corrected chi connectivity index (χ1v) is 8.61. The summed E-state index contributed by atoms with van der Waals surface area (Å²) in [7, 11) is -3.57. The Labute approximate surface area is 129 Å². The van der Waals surface area contributed by atoms with Gasteiger partial charge in [0, 0.05) is 12.6 Å². The molecule has 22 heavy (non-hydrogen) atoms. The minimum atomic E-state index is -3.57. The van der Waals surface area contributed by atoms with E-state index >= 15 is 0 Å². The minimum absolute atomic E-state index is 0.00771. The molecule has 1 aliphatic heterocycles. The van der Waals surface area contributed by atoms with Crippen molar-refractivity contribution in [2.75, 3.05) is 13.1 Å². The molecule has 1 unspecified atom stereocenters. The number of halogens is 1. The van der Waals surface area contributed by atoms with Crippen LogP contribution in [-0.2, 0) is 20.5 Å². The van der Waals surface area contributed by atoms with Gasteiger partial charge in [0.15, 0.2) is 0 Å². The summed E-state index contributed by atoms with van der Waals surface area (Å²) in [6.07, 6.45) is -0.935. The zero-order valence-corrected chi connectivity index (χ0v) is 13.3. The number of benzene rings is 1. The SMILES string of the molecule is CC(C)N1CC(CNS(=O)(=O)Cc2ccc(F)cc2)OC1=O. The third-order valence-electron chi connectivity index (χ3n) is 3.33. The number of cyclic esters (lactones) is 1. The maximum Gasteiger partial charge on any atom is 0.410 e. The van der Waals surface area contributed by atoms with Gasteiger partial charge in [0.25, 0.3) is 0 Å². The lowest BCUT2D eigenvalue weighted by Crippen LogP contribution is -2.36. The molecule has 1 N–H and O–H groups in total. The third kappa shape index (κ3) is 4.41. The highest BCUT2D eigenvalue weighted by atomic mass is 32.2. The molecule has 0 radical (unpaired) electrons. The van der Waals surface area contributed by atoms with Crippen LogP contribution in [0, 0.1) is 5.82 Å². The van der Waals surface area contributed by atoms with Crippen LogP contribution in [0.2, 0.25) is 0 Å². The van der Waals surface area contributed by atoms with Crippen LogP contribution in [0.25, 0.3) is 0 Å². The maximum atomic E-state index is 12.8. The predicted molar refractivity (Wildman–Crippen MR) is 79.1 cm³/mol. The Morgan fingerprint density at radius 3 is 2.55 bits per heavy atom. The largest absolute Gasteiger partial charge is 0.443 e. The van der Waals surface area contributed by atoms with Gasteiger partial charge in [-0.2, -0.15) is 0 Å². The van der Waals surface area contributed by atoms with Crippen molar-refractivity contribution in [2.24, 2.45) is 0 Å². The van der Waals surface area contributed by atoms with E-state index < -0.39 is 28.0 Å². The van der Waals surface area contributed by atoms with Gasteiger partial charge in [0.1, 0.15) is 11.9 Å². The number of carbonyl (C=O) groups is 1. The van der Waals surface area contributed by atoms with Crippen LogP contribution in [0.1, 0.15) is 19.4 Å². The third-order valence-corrected chi connectivity index (χ3v) is 4.65. The fraction of sp³-hybridized carbons (Fsp3) is 0.500. The zero-order chi connectivity index (χ0) is 16.3. The van der Waals surface area contributed by atoms with E-state index in [0.717, 1.165) is 0 Å². The van der Waals surface area contributed by atoms with Crippen LogP contribution in [-0.4, -0.2) is 44.6 Å². The van der Waals surface area contributed by atoms with Crippen LogP contribution >= 0.6 is 0 Å². The summed E-state index contributed by atoms with van der Waals surface area (Å²) in [6.45, 7) is 4.11. The number of sulfonamides is 1. The van der Waals surface area contributed by atoms with Gasteiger partial charge in [-0.3, -0.25) is 0 Å². The first-order chi connectivity index (χ1) is 10.3. The lowest BCUT2D eigenvalue weighted by molar-refractivity contribution is 0.130. The normalized spacial score (nSPS) is 18.8. The molecule has 0 bridgehead atoms. The Morgan fingerprint density at radius 2 is 2.00 bits per heavy atom. The Kier molecular flexibility index (Phi) is 5.02. The van der Waals surface area contributed by atoms with E-state index in [1.54, 1.807) is 4.90 Å². The van der Waals surface area contributed by atoms with Gasteiger partial charge < -0.3 is 9.64 Å². The predicted octanol–water partition coefficient (Wildman–Crippen LogP) is 1.47. The fourth-order valence-electron chi connectivity index (χ4n) is 2.14. The molecule has 1 aromatic rings. The molecule has 6 nitrogen and oxygen atoms in total. The maximum absolute atomic E-state index is 12.8. The van der Waals surface area contributed by atoms with Crippen LogP contribution < -0.4 is 4.72 Å². The summed E-state index contributed by atoms with van der Waals surface area (Å²) in [5.41, 5.74) is 0.487. The molecule has 0 aliphatic carbocycles. The average Bonchev–Trinajstić information content (AvgIpc) is 2.81. The number of carbonyl (C=O) groups excluding carboxylic acids is 1. The quantitative estimate of drug-likeness (QED) is 0.857. The second-order valence-corrected chi connectivity index (χ2v) is 7.29. The first-order valence-electron chi connectivity index (χ1n) is 6.96. The van der Waals surface area contributed by atoms with Crippen molar-refractivity contribution in [1.82, 2.24) is 9.62 Å². The van der Waals surface area contributed by atoms with E-state index in [2.05, 4.69) is 4.72 Å². The van der Waals surface area contributed by atoms with E-state index in [9.17, 15) is 17.6 Å². The average molecular weight is 330 g/mol. The van der Waals surface area contributed by atoms with Crippen LogP contribution in [0.4, 0.5) is 9.18 Å². The second kappa shape index (κ2) is 6.62. The Hall–Kier alpha value is -1.67. The highest BCUT2D eigenvalue weighted by Gasteiger charge is 2.33. The highest BCUT2D eigenvalue weighted by molar-refractivity contribution is 7.88. The number of amides is 1. The van der Waals surface area contributed by atoms with Crippen molar-refractivity contribution >= 4 is 16.1 Å². The van der Waals surface area contributed by atoms with Crippen molar-refractivity contribution in [3.05, 3.63) is 35.6 Å². The second-order valence-electron chi connectivity index (χ2n) is 5.49. The highest BCUT2D eigenvalue weighted by Crippen LogP contribution is 2.14. The molecule has 1 atom stereocenters. The lowest BCUT2D eigenvalue weighted by Gasteiger charge is -2.16. The van der Waals surface area contributed by atoms with E-state index in [-0.39, 0.29) is 18.3 Å². The summed E-state index contributed by atoms with van der Waals surface area (Å²) >= 11 is 0. The van der Waals surface area contributed by atoms with Crippen molar-refractivity contribution in [2.45, 2.75) is 31.7 Å². The van der Waals surface area contributed by atoms with Crippen molar-refractivity contribution in [3.63, 3.8) is 0 Å². The number of hydrogen-bond acceptors (Lipinski definition) is 4. The first kappa shape index (κ1) is 16.7. The molecule has 0 aromatic heterocycles. The van der Waals surface area contributed by atoms with Gasteiger partial charge in [0.2, 0.25) is 10.0 Å². The Morgan fingerprint density at radius 1 is 1.36 bits per heavy atom. The molecule has 1 amide bonds. The van der Waals surface area contributed by atoms with E-state index in [0.29, 0.717) is 12.1 Å². The van der Waals surface area contributed by atoms with Gasteiger partial charge in [-0.1, -0.05) is 12.1 Å². The van der Waals surface area contributed by atoms with Crippen LogP contribution in [0.3, 0.4) is 0 Å². The van der Waals surface area contributed by atoms with Gasteiger partial charge in [-0.15, -0.1) is 0 Å². The van der Waals surface area contributed by atoms with E-state index in [4.69, 9.17) is 4.74 Å². The standard InChI is InChI=1S/C14H19FN2O4S/c1-10(2)17-8-13(21-14(17)18)7-16-22(19,20)9-11-3-5-12(15)6-4-11/h3-6,10,13,16H,7-9H2,1-2H3. The summed E-state index contributed by atoms with van der Waals surface area (Å²) in [6, 6.07) is 5.28. The molecule has 0 saturated carbocycles. The number of hydrogen-bond donors (Lipinski definition) is 1. The fourth-order valence-corrected chi connectivity index (χ4v) is 3.31. The van der Waals surface area contributed by atoms with Gasteiger partial charge in [0.05, 0.1) is 12.3 Å². The number of nitrogens with one attached hydrogen (secondary N) is 1. The van der Waals surface area contributed by atoms with Crippen molar-refractivity contribution in [3.8, 4) is 0 Å². The molecule has 2 rings (SSSR count). The topological polar surface area (TPSA) is 75.7 Å². The molecule has 1 fully saturated rings. The van der Waals surface area contributed by atoms with Crippen molar-refractivity contribution in [1.29, 1.82) is 0 Å². The molecule has 122 valence electrons. The molecule has 1 saturated heterocycles. The number of ether oxygens (including phenoxy) is 1. The Bertz CT molecular complexity index is 631. The Balaban J connectivity index is 1.88. The molecular formula is C14H19FN2O4S. The van der Waals surface area contributed by atoms with Gasteiger partial charge in [-0.25, -0.2) is 22.3 Å². The zero-order valence-electron chi connectivity index (χ0n) is 12.5. The number of nitrogens with zero attached hydrogens (tertiary/aromatic N) is 1. The molecule has 8 heteroatoms. The summed E-state index contributed by atoms with van der Waals surface area (Å²) in [5, 5.41) is 0. The molecular weight excluding hydrogens is 311 g/mol. The summed E-state index contributed by atoms with van der Waals surface area (Å²) in [5.74, 6) is -0.664. The lowest BCUT2D eigenvalue weighted by atomic mass is 10.2. The van der Waals surface area contributed by atoms with Crippen LogP contribution in [0.5, 0.6) is 0 Å². The smallest absolute Gasteiger partial charge is 0.410 e. The molecule has 1 heterocycles. The molecule has 0 spiro atoms. The molecule has 1 aliphatic rings. The van der Waals surface area contributed by atoms with E-state index in [1.165, 1.54) is 24.3 Å². The van der Waals surface area contributed by atoms with Gasteiger partial charge in [-0.05, 0) is 31.5 Å². The minimum Gasteiger partial charge on any atom is -0.443 e.